The maximum Gasteiger partial charge on any atom is 0.530 e. The van der Waals surface area contributed by atoms with Crippen LogP contribution in [0.25, 0.3) is 0 Å². The maximum absolute atomic E-state index is 12.2. The van der Waals surface area contributed by atoms with Gasteiger partial charge in [0.25, 0.3) is 0 Å². The molecule has 0 N–H and O–H groups in total. The van der Waals surface area contributed by atoms with Crippen LogP contribution in [0.5, 0.6) is 11.5 Å². The third kappa shape index (κ3) is 9.30. The summed E-state index contributed by atoms with van der Waals surface area (Å²) < 4.78 is 103. The molecule has 1 atom stereocenters. The Kier molecular flexibility index (Phi) is 7.79. The number of hydrogen-bond acceptors (Lipinski definition) is 5. The van der Waals surface area contributed by atoms with E-state index in [0.717, 1.165) is 12.1 Å². The van der Waals surface area contributed by atoms with Gasteiger partial charge in [-0.2, -0.15) is 26.3 Å². The lowest BCUT2D eigenvalue weighted by Gasteiger charge is -2.20. The second-order valence-electron chi connectivity index (χ2n) is 5.12. The molecule has 0 radical (unpaired) electrons. The minimum absolute atomic E-state index is 0.113. The Labute approximate surface area is 145 Å². The first-order chi connectivity index (χ1) is 11.8. The van der Waals surface area contributed by atoms with Gasteiger partial charge in [-0.1, -0.05) is 6.92 Å². The van der Waals surface area contributed by atoms with Gasteiger partial charge in [0.1, 0.15) is 11.5 Å². The fraction of sp³-hybridized carbons (Fsp3) is 0.571. The zero-order chi connectivity index (χ0) is 20.0. The predicted molar refractivity (Wildman–Crippen MR) is 79.1 cm³/mol. The van der Waals surface area contributed by atoms with Crippen LogP contribution >= 0.6 is 7.82 Å². The highest BCUT2D eigenvalue weighted by atomic mass is 31.2. The molecule has 0 aliphatic rings. The van der Waals surface area contributed by atoms with Crippen LogP contribution in [0.1, 0.15) is 20.3 Å². The lowest BCUT2D eigenvalue weighted by molar-refractivity contribution is -0.168. The van der Waals surface area contributed by atoms with Crippen LogP contribution < -0.4 is 9.26 Å². The third-order valence-corrected chi connectivity index (χ3v) is 4.05. The number of hydrogen-bond donors (Lipinski definition) is 0. The highest BCUT2D eigenvalue weighted by Crippen LogP contribution is 2.51. The van der Waals surface area contributed by atoms with Gasteiger partial charge in [0, 0.05) is 0 Å². The number of benzene rings is 1. The van der Waals surface area contributed by atoms with E-state index in [1.165, 1.54) is 12.1 Å². The fourth-order valence-electron chi connectivity index (χ4n) is 1.42. The highest BCUT2D eigenvalue weighted by molar-refractivity contribution is 7.48. The van der Waals surface area contributed by atoms with Crippen LogP contribution in [0.3, 0.4) is 0 Å². The van der Waals surface area contributed by atoms with Crippen molar-refractivity contribution in [3.8, 4) is 11.5 Å². The summed E-state index contributed by atoms with van der Waals surface area (Å²) in [4.78, 5) is 0. The maximum atomic E-state index is 12.2. The molecule has 0 fully saturated rings. The molecule has 12 heteroatoms. The highest BCUT2D eigenvalue weighted by Gasteiger charge is 2.40. The molecule has 0 spiro atoms. The van der Waals surface area contributed by atoms with Crippen LogP contribution in [0.2, 0.25) is 0 Å². The molecule has 0 amide bonds. The Hall–Kier alpha value is -1.45. The standard InChI is InChI=1S/C14H17F6O5P/c1-3-10(2)24-11-4-6-12(7-5-11)25-26(21,22-8-13(15,16)17)23-9-14(18,19)20/h4-7,10H,3,8-9H2,1-2H3. The second kappa shape index (κ2) is 8.96. The first-order valence-corrected chi connectivity index (χ1v) is 8.77. The minimum Gasteiger partial charge on any atom is -0.491 e. The Morgan fingerprint density at radius 1 is 0.923 bits per heavy atom. The van der Waals surface area contributed by atoms with E-state index in [1.807, 2.05) is 6.92 Å². The van der Waals surface area contributed by atoms with Gasteiger partial charge in [0.15, 0.2) is 13.2 Å². The van der Waals surface area contributed by atoms with Crippen molar-refractivity contribution in [1.82, 2.24) is 0 Å². The molecular formula is C14H17F6O5P. The van der Waals surface area contributed by atoms with Gasteiger partial charge >= 0.3 is 20.2 Å². The number of halogens is 6. The van der Waals surface area contributed by atoms with Gasteiger partial charge in [-0.3, -0.25) is 9.05 Å². The second-order valence-corrected chi connectivity index (χ2v) is 6.72. The van der Waals surface area contributed by atoms with Gasteiger partial charge in [-0.05, 0) is 37.6 Å². The Balaban J connectivity index is 2.85. The van der Waals surface area contributed by atoms with E-state index in [1.54, 1.807) is 6.92 Å². The molecule has 150 valence electrons. The Bertz CT molecular complexity index is 579. The average Bonchev–Trinajstić information content (AvgIpc) is 2.52. The van der Waals surface area contributed by atoms with Gasteiger partial charge in [-0.25, -0.2) is 4.57 Å². The molecule has 0 heterocycles. The molecule has 0 saturated carbocycles. The van der Waals surface area contributed by atoms with Gasteiger partial charge < -0.3 is 9.26 Å². The van der Waals surface area contributed by atoms with E-state index < -0.39 is 33.4 Å². The SMILES string of the molecule is CCC(C)Oc1ccc(OP(=O)(OCC(F)(F)F)OCC(F)(F)F)cc1. The number of rotatable bonds is 9. The molecular weight excluding hydrogens is 393 g/mol. The third-order valence-electron chi connectivity index (χ3n) is 2.73. The van der Waals surface area contributed by atoms with Crippen molar-refractivity contribution in [2.45, 2.75) is 38.7 Å². The van der Waals surface area contributed by atoms with Crippen molar-refractivity contribution in [3.05, 3.63) is 24.3 Å². The first kappa shape index (κ1) is 22.6. The summed E-state index contributed by atoms with van der Waals surface area (Å²) >= 11 is 0. The molecule has 1 aromatic rings. The summed E-state index contributed by atoms with van der Waals surface area (Å²) in [7, 11) is -5.16. The van der Waals surface area contributed by atoms with Gasteiger partial charge in [-0.15, -0.1) is 0 Å². The summed E-state index contributed by atoms with van der Waals surface area (Å²) in [5, 5.41) is 0. The van der Waals surface area contributed by atoms with E-state index in [4.69, 9.17) is 4.74 Å². The summed E-state index contributed by atoms with van der Waals surface area (Å²) in [5.41, 5.74) is 0. The molecule has 0 aliphatic carbocycles. The number of phosphoric acid groups is 1. The van der Waals surface area contributed by atoms with Crippen LogP contribution in [-0.2, 0) is 13.6 Å². The molecule has 0 saturated heterocycles. The summed E-state index contributed by atoms with van der Waals surface area (Å²) in [5.74, 6) is 0.0723. The van der Waals surface area contributed by atoms with Crippen molar-refractivity contribution in [3.63, 3.8) is 0 Å². The quantitative estimate of drug-likeness (QED) is 0.397. The smallest absolute Gasteiger partial charge is 0.491 e. The van der Waals surface area contributed by atoms with Crippen LogP contribution in [-0.4, -0.2) is 31.7 Å². The molecule has 0 aliphatic heterocycles. The minimum atomic E-state index is -5.16. The number of alkyl halides is 6. The number of ether oxygens (including phenoxy) is 1. The molecule has 5 nitrogen and oxygen atoms in total. The van der Waals surface area contributed by atoms with Crippen molar-refractivity contribution < 1.29 is 49.2 Å². The van der Waals surface area contributed by atoms with E-state index >= 15 is 0 Å². The monoisotopic (exact) mass is 410 g/mol. The predicted octanol–water partition coefficient (Wildman–Crippen LogP) is 5.51. The van der Waals surface area contributed by atoms with Gasteiger partial charge in [0.05, 0.1) is 6.10 Å². The number of phosphoric ester groups is 1. The van der Waals surface area contributed by atoms with Crippen LogP contribution in [0, 0.1) is 0 Å². The summed E-state index contributed by atoms with van der Waals surface area (Å²) in [6, 6.07) is 5.00. The fourth-order valence-corrected chi connectivity index (χ4v) is 2.59. The zero-order valence-electron chi connectivity index (χ0n) is 13.8. The lowest BCUT2D eigenvalue weighted by Crippen LogP contribution is -2.21. The topological polar surface area (TPSA) is 54.0 Å². The molecule has 1 unspecified atom stereocenters. The van der Waals surface area contributed by atoms with Crippen LogP contribution in [0.4, 0.5) is 26.3 Å². The summed E-state index contributed by atoms with van der Waals surface area (Å²) in [6.45, 7) is -0.516. The van der Waals surface area contributed by atoms with Crippen molar-refractivity contribution >= 4 is 7.82 Å². The van der Waals surface area contributed by atoms with E-state index in [2.05, 4.69) is 13.6 Å². The van der Waals surface area contributed by atoms with Crippen molar-refractivity contribution in [2.24, 2.45) is 0 Å². The molecule has 0 bridgehead atoms. The van der Waals surface area contributed by atoms with Crippen molar-refractivity contribution in [1.29, 1.82) is 0 Å². The first-order valence-electron chi connectivity index (χ1n) is 7.31. The largest absolute Gasteiger partial charge is 0.530 e. The zero-order valence-corrected chi connectivity index (χ0v) is 14.7. The van der Waals surface area contributed by atoms with E-state index in [9.17, 15) is 30.9 Å². The Morgan fingerprint density at radius 2 is 1.35 bits per heavy atom. The average molecular weight is 410 g/mol. The van der Waals surface area contributed by atoms with E-state index in [-0.39, 0.29) is 11.9 Å². The summed E-state index contributed by atoms with van der Waals surface area (Å²) in [6.07, 6.45) is -9.27. The van der Waals surface area contributed by atoms with Gasteiger partial charge in [0.2, 0.25) is 0 Å². The lowest BCUT2D eigenvalue weighted by atomic mass is 10.3. The van der Waals surface area contributed by atoms with E-state index in [0.29, 0.717) is 12.2 Å². The van der Waals surface area contributed by atoms with Crippen molar-refractivity contribution in [2.75, 3.05) is 13.2 Å². The molecule has 1 aromatic carbocycles. The molecule has 0 aromatic heterocycles. The normalized spacial score (nSPS) is 14.2. The molecule has 26 heavy (non-hydrogen) atoms. The van der Waals surface area contributed by atoms with Crippen LogP contribution in [0.15, 0.2) is 24.3 Å². The Morgan fingerprint density at radius 3 is 1.73 bits per heavy atom. The molecule has 1 rings (SSSR count).